The molecule has 0 bridgehead atoms. The lowest BCUT2D eigenvalue weighted by Crippen LogP contribution is -2.29. The van der Waals surface area contributed by atoms with Crippen molar-refractivity contribution in [2.24, 2.45) is 0 Å². The molecule has 0 unspecified atom stereocenters. The average Bonchev–Trinajstić information content (AvgIpc) is 2.79. The normalized spacial score (nSPS) is 16.6. The lowest BCUT2D eigenvalue weighted by atomic mass is 9.92. The zero-order valence-electron chi connectivity index (χ0n) is 14.6. The van der Waals surface area contributed by atoms with Gasteiger partial charge in [0.15, 0.2) is 27.1 Å². The SMILES string of the molecule is CC1(C)OC(c2ccc(S(C)(=O)=O)cc2F)=C(c2ccc(F)c(F)c2)C1=O. The fourth-order valence-electron chi connectivity index (χ4n) is 2.77. The predicted octanol–water partition coefficient (Wildman–Crippen LogP) is 3.75. The van der Waals surface area contributed by atoms with E-state index in [9.17, 15) is 26.4 Å². The molecule has 0 aromatic heterocycles. The zero-order valence-corrected chi connectivity index (χ0v) is 15.5. The Morgan fingerprint density at radius 1 is 0.926 bits per heavy atom. The maximum atomic E-state index is 14.6. The van der Waals surface area contributed by atoms with Crippen molar-refractivity contribution in [3.63, 3.8) is 0 Å². The van der Waals surface area contributed by atoms with Crippen molar-refractivity contribution in [3.05, 3.63) is 65.0 Å². The van der Waals surface area contributed by atoms with Crippen molar-refractivity contribution in [2.75, 3.05) is 6.26 Å². The lowest BCUT2D eigenvalue weighted by Gasteiger charge is -2.18. The van der Waals surface area contributed by atoms with E-state index < -0.39 is 38.7 Å². The number of hydrogen-bond acceptors (Lipinski definition) is 4. The molecule has 0 atom stereocenters. The minimum absolute atomic E-state index is 0.0334. The molecule has 142 valence electrons. The highest BCUT2D eigenvalue weighted by Gasteiger charge is 2.43. The molecule has 0 aliphatic carbocycles. The first-order chi connectivity index (χ1) is 12.4. The number of ether oxygens (including phenoxy) is 1. The van der Waals surface area contributed by atoms with Crippen molar-refractivity contribution >= 4 is 27.0 Å². The van der Waals surface area contributed by atoms with Crippen molar-refractivity contribution in [2.45, 2.75) is 24.3 Å². The van der Waals surface area contributed by atoms with Gasteiger partial charge in [-0.15, -0.1) is 0 Å². The number of ketones is 1. The van der Waals surface area contributed by atoms with Crippen molar-refractivity contribution in [1.82, 2.24) is 0 Å². The van der Waals surface area contributed by atoms with E-state index in [0.29, 0.717) is 0 Å². The number of hydrogen-bond donors (Lipinski definition) is 0. The summed E-state index contributed by atoms with van der Waals surface area (Å²) < 4.78 is 70.3. The second-order valence-electron chi connectivity index (χ2n) is 6.69. The third kappa shape index (κ3) is 3.37. The molecule has 0 N–H and O–H groups in total. The predicted molar refractivity (Wildman–Crippen MR) is 92.9 cm³/mol. The third-order valence-corrected chi connectivity index (χ3v) is 5.29. The van der Waals surface area contributed by atoms with Crippen molar-refractivity contribution < 1.29 is 31.1 Å². The van der Waals surface area contributed by atoms with Gasteiger partial charge in [0, 0.05) is 6.26 Å². The molecule has 0 spiro atoms. The van der Waals surface area contributed by atoms with E-state index in [4.69, 9.17) is 4.74 Å². The van der Waals surface area contributed by atoms with Crippen LogP contribution in [0.1, 0.15) is 25.0 Å². The van der Waals surface area contributed by atoms with Gasteiger partial charge in [-0.25, -0.2) is 21.6 Å². The third-order valence-electron chi connectivity index (χ3n) is 4.18. The number of benzene rings is 2. The molecular formula is C19H15F3O4S. The van der Waals surface area contributed by atoms with Crippen LogP contribution in [0.2, 0.25) is 0 Å². The zero-order chi connectivity index (χ0) is 20.1. The van der Waals surface area contributed by atoms with Gasteiger partial charge in [0.1, 0.15) is 11.6 Å². The molecule has 2 aromatic rings. The number of halogens is 3. The van der Waals surface area contributed by atoms with Crippen LogP contribution in [0.3, 0.4) is 0 Å². The summed E-state index contributed by atoms with van der Waals surface area (Å²) in [5.41, 5.74) is -1.57. The maximum absolute atomic E-state index is 14.6. The van der Waals surface area contributed by atoms with Crippen LogP contribution in [0.5, 0.6) is 0 Å². The summed E-state index contributed by atoms with van der Waals surface area (Å²) in [5, 5.41) is 0. The Labute approximate surface area is 154 Å². The summed E-state index contributed by atoms with van der Waals surface area (Å²) >= 11 is 0. The van der Waals surface area contributed by atoms with Gasteiger partial charge in [-0.3, -0.25) is 4.79 Å². The number of rotatable bonds is 3. The minimum Gasteiger partial charge on any atom is -0.478 e. The van der Waals surface area contributed by atoms with Gasteiger partial charge in [0.25, 0.3) is 0 Å². The van der Waals surface area contributed by atoms with E-state index in [0.717, 1.165) is 24.5 Å². The number of carbonyl (C=O) groups is 1. The highest BCUT2D eigenvalue weighted by molar-refractivity contribution is 7.90. The molecule has 1 aliphatic rings. The Kier molecular flexibility index (Phi) is 4.42. The number of carbonyl (C=O) groups excluding carboxylic acids is 1. The summed E-state index contributed by atoms with van der Waals surface area (Å²) in [6.07, 6.45) is 0.937. The Morgan fingerprint density at radius 3 is 2.15 bits per heavy atom. The van der Waals surface area contributed by atoms with Crippen LogP contribution < -0.4 is 0 Å². The molecule has 8 heteroatoms. The fraction of sp³-hybridized carbons (Fsp3) is 0.211. The van der Waals surface area contributed by atoms with Crippen LogP contribution in [0.4, 0.5) is 13.2 Å². The summed E-state index contributed by atoms with van der Waals surface area (Å²) in [5.74, 6) is -3.86. The number of sulfone groups is 1. The molecule has 0 amide bonds. The maximum Gasteiger partial charge on any atom is 0.210 e. The van der Waals surface area contributed by atoms with E-state index in [2.05, 4.69) is 0 Å². The molecule has 4 nitrogen and oxygen atoms in total. The van der Waals surface area contributed by atoms with Gasteiger partial charge >= 0.3 is 0 Å². The molecule has 3 rings (SSSR count). The Bertz CT molecular complexity index is 1100. The highest BCUT2D eigenvalue weighted by atomic mass is 32.2. The van der Waals surface area contributed by atoms with Crippen LogP contribution >= 0.6 is 0 Å². The van der Waals surface area contributed by atoms with E-state index in [1.54, 1.807) is 0 Å². The second-order valence-corrected chi connectivity index (χ2v) is 8.70. The first-order valence-corrected chi connectivity index (χ1v) is 9.74. The minimum atomic E-state index is -3.63. The fourth-order valence-corrected chi connectivity index (χ4v) is 3.40. The van der Waals surface area contributed by atoms with E-state index in [1.165, 1.54) is 32.0 Å². The quantitative estimate of drug-likeness (QED) is 0.793. The first kappa shape index (κ1) is 19.2. The topological polar surface area (TPSA) is 60.4 Å². The van der Waals surface area contributed by atoms with Crippen LogP contribution in [0.25, 0.3) is 11.3 Å². The van der Waals surface area contributed by atoms with E-state index in [1.807, 2.05) is 0 Å². The Morgan fingerprint density at radius 2 is 1.59 bits per heavy atom. The Hall–Kier alpha value is -2.61. The van der Waals surface area contributed by atoms with E-state index in [-0.39, 0.29) is 27.4 Å². The second kappa shape index (κ2) is 6.23. The van der Waals surface area contributed by atoms with Gasteiger partial charge in [-0.2, -0.15) is 0 Å². The smallest absolute Gasteiger partial charge is 0.210 e. The average molecular weight is 396 g/mol. The molecule has 2 aromatic carbocycles. The molecule has 0 saturated heterocycles. The van der Waals surface area contributed by atoms with Crippen LogP contribution in [-0.2, 0) is 19.4 Å². The highest BCUT2D eigenvalue weighted by Crippen LogP contribution is 2.42. The van der Waals surface area contributed by atoms with Crippen LogP contribution in [0, 0.1) is 17.5 Å². The van der Waals surface area contributed by atoms with Crippen LogP contribution in [0.15, 0.2) is 41.3 Å². The van der Waals surface area contributed by atoms with Gasteiger partial charge in [-0.05, 0) is 49.7 Å². The summed E-state index contributed by atoms with van der Waals surface area (Å²) in [7, 11) is -3.63. The molecule has 0 radical (unpaired) electrons. The molecule has 1 heterocycles. The monoisotopic (exact) mass is 396 g/mol. The van der Waals surface area contributed by atoms with Crippen molar-refractivity contribution in [1.29, 1.82) is 0 Å². The van der Waals surface area contributed by atoms with E-state index >= 15 is 0 Å². The van der Waals surface area contributed by atoms with Gasteiger partial charge in [0.2, 0.25) is 5.78 Å². The molecule has 27 heavy (non-hydrogen) atoms. The van der Waals surface area contributed by atoms with Gasteiger partial charge < -0.3 is 4.74 Å². The standard InChI is InChI=1S/C19H15F3O4S/c1-19(2)18(23)16(10-4-7-13(20)15(22)8-10)17(26-19)12-6-5-11(9-14(12)21)27(3,24)25/h4-9H,1-3H3. The summed E-state index contributed by atoms with van der Waals surface area (Å²) in [4.78, 5) is 12.5. The molecule has 1 aliphatic heterocycles. The first-order valence-electron chi connectivity index (χ1n) is 7.85. The van der Waals surface area contributed by atoms with Gasteiger partial charge in [0.05, 0.1) is 16.0 Å². The lowest BCUT2D eigenvalue weighted by molar-refractivity contribution is -0.125. The molecule has 0 fully saturated rings. The summed E-state index contributed by atoms with van der Waals surface area (Å²) in [6.45, 7) is 2.93. The molecule has 0 saturated carbocycles. The largest absolute Gasteiger partial charge is 0.478 e. The van der Waals surface area contributed by atoms with Crippen molar-refractivity contribution in [3.8, 4) is 0 Å². The van der Waals surface area contributed by atoms with Gasteiger partial charge in [-0.1, -0.05) is 6.07 Å². The molecular weight excluding hydrogens is 381 g/mol. The van der Waals surface area contributed by atoms with Crippen LogP contribution in [-0.4, -0.2) is 26.1 Å². The number of Topliss-reactive ketones (excluding diaryl/α,β-unsaturated/α-hetero) is 1. The summed E-state index contributed by atoms with van der Waals surface area (Å²) in [6, 6.07) is 6.06. The Balaban J connectivity index is 2.24.